The molecule has 0 saturated heterocycles. The summed E-state index contributed by atoms with van der Waals surface area (Å²) in [6, 6.07) is 6.13. The second-order valence-corrected chi connectivity index (χ2v) is 4.90. The summed E-state index contributed by atoms with van der Waals surface area (Å²) in [5.41, 5.74) is 8.14. The van der Waals surface area contributed by atoms with Gasteiger partial charge in [-0.2, -0.15) is 0 Å². The number of nitrogens with two attached hydrogens (primary N) is 1. The van der Waals surface area contributed by atoms with Crippen LogP contribution in [-0.2, 0) is 0 Å². The molecule has 2 heterocycles. The van der Waals surface area contributed by atoms with Crippen LogP contribution in [0.2, 0.25) is 0 Å². The predicted octanol–water partition coefficient (Wildman–Crippen LogP) is 1.51. The normalized spacial score (nSPS) is 19.1. The molecule has 0 unspecified atom stereocenters. The molecule has 0 aromatic heterocycles. The topological polar surface area (TPSA) is 47.7 Å². The van der Waals surface area contributed by atoms with Crippen LogP contribution in [0.3, 0.4) is 0 Å². The number of fused-ring (bicyclic) bond motifs is 1. The van der Waals surface area contributed by atoms with Crippen molar-refractivity contribution in [1.82, 2.24) is 4.90 Å². The lowest BCUT2D eigenvalue weighted by atomic mass is 9.98. The Morgan fingerprint density at radius 1 is 1.21 bits per heavy atom. The zero-order chi connectivity index (χ0) is 13.1. The van der Waals surface area contributed by atoms with Crippen LogP contribution >= 0.6 is 0 Å². The van der Waals surface area contributed by atoms with Gasteiger partial charge >= 0.3 is 0 Å². The smallest absolute Gasteiger partial charge is 0.168 e. The van der Waals surface area contributed by atoms with Crippen LogP contribution < -0.4 is 15.2 Å². The fraction of sp³-hybridized carbons (Fsp3) is 0.467. The highest BCUT2D eigenvalue weighted by Gasteiger charge is 2.20. The van der Waals surface area contributed by atoms with Crippen molar-refractivity contribution in [2.75, 3.05) is 39.4 Å². The molecule has 1 aromatic carbocycles. The van der Waals surface area contributed by atoms with Crippen molar-refractivity contribution in [2.45, 2.75) is 6.42 Å². The first kappa shape index (κ1) is 12.5. The maximum atomic E-state index is 5.78. The second kappa shape index (κ2) is 5.63. The van der Waals surface area contributed by atoms with Gasteiger partial charge in [-0.3, -0.25) is 4.90 Å². The van der Waals surface area contributed by atoms with Crippen molar-refractivity contribution in [3.63, 3.8) is 0 Å². The number of hydrogen-bond acceptors (Lipinski definition) is 4. The molecule has 0 radical (unpaired) electrons. The Labute approximate surface area is 113 Å². The Kier molecular flexibility index (Phi) is 3.71. The average Bonchev–Trinajstić information content (AvgIpc) is 2.48. The SMILES string of the molecule is NCCN1CC=C(c2cccc3c2OCCO3)CC1. The number of benzene rings is 1. The maximum absolute atomic E-state index is 5.78. The first-order valence-corrected chi connectivity index (χ1v) is 6.89. The Morgan fingerprint density at radius 3 is 2.89 bits per heavy atom. The van der Waals surface area contributed by atoms with Crippen molar-refractivity contribution in [3.8, 4) is 11.5 Å². The molecule has 19 heavy (non-hydrogen) atoms. The van der Waals surface area contributed by atoms with Gasteiger partial charge in [0, 0.05) is 31.7 Å². The summed E-state index contributed by atoms with van der Waals surface area (Å²) in [5, 5.41) is 0. The summed E-state index contributed by atoms with van der Waals surface area (Å²) in [4.78, 5) is 2.37. The van der Waals surface area contributed by atoms with Crippen LogP contribution in [0, 0.1) is 0 Å². The van der Waals surface area contributed by atoms with Gasteiger partial charge in [0.15, 0.2) is 11.5 Å². The van der Waals surface area contributed by atoms with Crippen molar-refractivity contribution in [3.05, 3.63) is 29.8 Å². The average molecular weight is 260 g/mol. The highest BCUT2D eigenvalue weighted by atomic mass is 16.6. The Morgan fingerprint density at radius 2 is 2.11 bits per heavy atom. The number of ether oxygens (including phenoxy) is 2. The van der Waals surface area contributed by atoms with Crippen molar-refractivity contribution >= 4 is 5.57 Å². The van der Waals surface area contributed by atoms with Gasteiger partial charge < -0.3 is 15.2 Å². The molecule has 0 atom stereocenters. The summed E-state index contributed by atoms with van der Waals surface area (Å²) in [6.07, 6.45) is 3.33. The standard InChI is InChI=1S/C15H20N2O2/c16-6-9-17-7-4-12(5-8-17)13-2-1-3-14-15(13)19-11-10-18-14/h1-4H,5-11,16H2. The van der Waals surface area contributed by atoms with Crippen molar-refractivity contribution < 1.29 is 9.47 Å². The highest BCUT2D eigenvalue weighted by molar-refractivity contribution is 5.74. The van der Waals surface area contributed by atoms with Crippen LogP contribution in [0.25, 0.3) is 5.57 Å². The molecule has 4 nitrogen and oxygen atoms in total. The molecule has 2 aliphatic rings. The van der Waals surface area contributed by atoms with Crippen molar-refractivity contribution in [1.29, 1.82) is 0 Å². The maximum Gasteiger partial charge on any atom is 0.168 e. The van der Waals surface area contributed by atoms with Crippen LogP contribution in [0.15, 0.2) is 24.3 Å². The zero-order valence-electron chi connectivity index (χ0n) is 11.1. The highest BCUT2D eigenvalue weighted by Crippen LogP contribution is 2.39. The lowest BCUT2D eigenvalue weighted by molar-refractivity contribution is 0.171. The van der Waals surface area contributed by atoms with E-state index in [1.54, 1.807) is 0 Å². The van der Waals surface area contributed by atoms with Gasteiger partial charge in [0.1, 0.15) is 13.2 Å². The van der Waals surface area contributed by atoms with Gasteiger partial charge in [0.25, 0.3) is 0 Å². The second-order valence-electron chi connectivity index (χ2n) is 4.90. The molecule has 3 rings (SSSR count). The van der Waals surface area contributed by atoms with Crippen LogP contribution in [-0.4, -0.2) is 44.3 Å². The van der Waals surface area contributed by atoms with E-state index < -0.39 is 0 Å². The molecule has 1 aromatic rings. The summed E-state index contributed by atoms with van der Waals surface area (Å²) in [5.74, 6) is 1.78. The third kappa shape index (κ3) is 2.60. The molecule has 0 amide bonds. The number of hydrogen-bond donors (Lipinski definition) is 1. The van der Waals surface area contributed by atoms with Crippen LogP contribution in [0.4, 0.5) is 0 Å². The minimum atomic E-state index is 0.636. The molecule has 0 bridgehead atoms. The van der Waals surface area contributed by atoms with E-state index >= 15 is 0 Å². The van der Waals surface area contributed by atoms with Gasteiger partial charge in [0.05, 0.1) is 0 Å². The first-order valence-electron chi connectivity index (χ1n) is 6.89. The van der Waals surface area contributed by atoms with E-state index in [-0.39, 0.29) is 0 Å². The molecule has 0 aliphatic carbocycles. The van der Waals surface area contributed by atoms with Gasteiger partial charge in [-0.1, -0.05) is 18.2 Å². The van der Waals surface area contributed by atoms with Gasteiger partial charge in [-0.15, -0.1) is 0 Å². The minimum Gasteiger partial charge on any atom is -0.486 e. The number of rotatable bonds is 3. The fourth-order valence-corrected chi connectivity index (χ4v) is 2.67. The molecule has 2 aliphatic heterocycles. The van der Waals surface area contributed by atoms with Gasteiger partial charge in [0.2, 0.25) is 0 Å². The third-order valence-electron chi connectivity index (χ3n) is 3.65. The van der Waals surface area contributed by atoms with E-state index in [4.69, 9.17) is 15.2 Å². The lowest BCUT2D eigenvalue weighted by Crippen LogP contribution is -2.33. The quantitative estimate of drug-likeness (QED) is 0.895. The minimum absolute atomic E-state index is 0.636. The zero-order valence-corrected chi connectivity index (χ0v) is 11.1. The Balaban J connectivity index is 1.83. The monoisotopic (exact) mass is 260 g/mol. The summed E-state index contributed by atoms with van der Waals surface area (Å²) in [7, 11) is 0. The fourth-order valence-electron chi connectivity index (χ4n) is 2.67. The summed E-state index contributed by atoms with van der Waals surface area (Å²) < 4.78 is 11.4. The summed E-state index contributed by atoms with van der Waals surface area (Å²) in [6.45, 7) is 5.00. The molecule has 0 spiro atoms. The molecule has 4 heteroatoms. The van der Waals surface area contributed by atoms with Crippen molar-refractivity contribution in [2.24, 2.45) is 5.73 Å². The Bertz CT molecular complexity index is 485. The van der Waals surface area contributed by atoms with Crippen LogP contribution in [0.5, 0.6) is 11.5 Å². The van der Waals surface area contributed by atoms with E-state index in [2.05, 4.69) is 17.0 Å². The predicted molar refractivity (Wildman–Crippen MR) is 75.5 cm³/mol. The third-order valence-corrected chi connectivity index (χ3v) is 3.65. The molecule has 0 saturated carbocycles. The van der Waals surface area contributed by atoms with E-state index in [1.807, 2.05) is 12.1 Å². The van der Waals surface area contributed by atoms with E-state index in [0.29, 0.717) is 13.2 Å². The summed E-state index contributed by atoms with van der Waals surface area (Å²) >= 11 is 0. The molecule has 2 N–H and O–H groups in total. The first-order chi connectivity index (χ1) is 9.38. The molecular weight excluding hydrogens is 240 g/mol. The Hall–Kier alpha value is -1.52. The van der Waals surface area contributed by atoms with Crippen LogP contribution in [0.1, 0.15) is 12.0 Å². The van der Waals surface area contributed by atoms with E-state index in [9.17, 15) is 0 Å². The van der Waals surface area contributed by atoms with E-state index in [0.717, 1.165) is 44.1 Å². The molecular formula is C15H20N2O2. The number of nitrogens with zero attached hydrogens (tertiary/aromatic N) is 1. The molecule has 0 fully saturated rings. The van der Waals surface area contributed by atoms with Gasteiger partial charge in [-0.05, 0) is 18.1 Å². The number of para-hydroxylation sites is 1. The van der Waals surface area contributed by atoms with E-state index in [1.165, 1.54) is 11.1 Å². The molecule has 102 valence electrons. The lowest BCUT2D eigenvalue weighted by Gasteiger charge is -2.28. The van der Waals surface area contributed by atoms with Gasteiger partial charge in [-0.25, -0.2) is 0 Å². The largest absolute Gasteiger partial charge is 0.486 e.